The molecule has 0 saturated carbocycles. The summed E-state index contributed by atoms with van der Waals surface area (Å²) in [5, 5.41) is 0. The van der Waals surface area contributed by atoms with Crippen molar-refractivity contribution >= 4 is 0 Å². The Balaban J connectivity index is 1.83. The minimum absolute atomic E-state index is 0.209. The Morgan fingerprint density at radius 2 is 1.52 bits per heavy atom. The summed E-state index contributed by atoms with van der Waals surface area (Å²) in [6, 6.07) is 18.7. The van der Waals surface area contributed by atoms with Crippen LogP contribution in [0, 0.1) is 5.41 Å². The fourth-order valence-electron chi connectivity index (χ4n) is 2.22. The summed E-state index contributed by atoms with van der Waals surface area (Å²) in [4.78, 5) is 0. The van der Waals surface area contributed by atoms with Crippen LogP contribution in [0.1, 0.15) is 26.7 Å². The Labute approximate surface area is 127 Å². The van der Waals surface area contributed by atoms with E-state index in [-0.39, 0.29) is 5.41 Å². The van der Waals surface area contributed by atoms with Crippen LogP contribution in [0.4, 0.5) is 0 Å². The van der Waals surface area contributed by atoms with Gasteiger partial charge in [-0.1, -0.05) is 56.3 Å². The normalized spacial score (nSPS) is 11.4. The summed E-state index contributed by atoms with van der Waals surface area (Å²) in [6.45, 7) is 5.86. The van der Waals surface area contributed by atoms with Gasteiger partial charge in [-0.05, 0) is 48.1 Å². The van der Waals surface area contributed by atoms with Crippen LogP contribution in [-0.2, 0) is 0 Å². The summed E-state index contributed by atoms with van der Waals surface area (Å²) in [5.74, 6) is 0.931. The van der Waals surface area contributed by atoms with Gasteiger partial charge < -0.3 is 10.5 Å². The highest BCUT2D eigenvalue weighted by Crippen LogP contribution is 2.23. The number of ether oxygens (including phenoxy) is 1. The van der Waals surface area contributed by atoms with Crippen LogP contribution in [0.5, 0.6) is 5.75 Å². The highest BCUT2D eigenvalue weighted by molar-refractivity contribution is 5.63. The van der Waals surface area contributed by atoms with E-state index in [4.69, 9.17) is 10.5 Å². The first-order valence-electron chi connectivity index (χ1n) is 7.59. The van der Waals surface area contributed by atoms with Crippen LogP contribution in [0.2, 0.25) is 0 Å². The standard InChI is InChI=1S/C19H25NO/c1-19(2,15-20)13-6-14-21-18-11-9-17(10-12-18)16-7-4-3-5-8-16/h3-5,7-12H,6,13-15,20H2,1-2H3. The van der Waals surface area contributed by atoms with Gasteiger partial charge in [0.15, 0.2) is 0 Å². The van der Waals surface area contributed by atoms with E-state index in [0.717, 1.165) is 31.7 Å². The number of benzene rings is 2. The summed E-state index contributed by atoms with van der Waals surface area (Å²) in [6.07, 6.45) is 2.12. The van der Waals surface area contributed by atoms with Gasteiger partial charge in [-0.3, -0.25) is 0 Å². The van der Waals surface area contributed by atoms with Crippen LogP contribution in [0.3, 0.4) is 0 Å². The second-order valence-corrected chi connectivity index (χ2v) is 6.21. The van der Waals surface area contributed by atoms with Crippen molar-refractivity contribution in [1.29, 1.82) is 0 Å². The Hall–Kier alpha value is -1.80. The van der Waals surface area contributed by atoms with Gasteiger partial charge >= 0.3 is 0 Å². The van der Waals surface area contributed by atoms with Crippen molar-refractivity contribution in [2.24, 2.45) is 11.1 Å². The van der Waals surface area contributed by atoms with Crippen molar-refractivity contribution in [2.75, 3.05) is 13.2 Å². The summed E-state index contributed by atoms with van der Waals surface area (Å²) in [7, 11) is 0. The molecule has 2 aromatic carbocycles. The van der Waals surface area contributed by atoms with E-state index in [1.807, 2.05) is 18.2 Å². The van der Waals surface area contributed by atoms with Gasteiger partial charge in [0.1, 0.15) is 5.75 Å². The van der Waals surface area contributed by atoms with Crippen LogP contribution >= 0.6 is 0 Å². The summed E-state index contributed by atoms with van der Waals surface area (Å²) < 4.78 is 5.80. The second-order valence-electron chi connectivity index (χ2n) is 6.21. The summed E-state index contributed by atoms with van der Waals surface area (Å²) in [5.41, 5.74) is 8.38. The number of hydrogen-bond donors (Lipinski definition) is 1. The molecule has 21 heavy (non-hydrogen) atoms. The van der Waals surface area contributed by atoms with E-state index in [2.05, 4.69) is 50.2 Å². The second kappa shape index (κ2) is 7.28. The molecule has 2 rings (SSSR count). The average molecular weight is 283 g/mol. The van der Waals surface area contributed by atoms with Gasteiger partial charge in [-0.2, -0.15) is 0 Å². The van der Waals surface area contributed by atoms with Crippen molar-refractivity contribution in [2.45, 2.75) is 26.7 Å². The van der Waals surface area contributed by atoms with Crippen molar-refractivity contribution < 1.29 is 4.74 Å². The van der Waals surface area contributed by atoms with E-state index in [0.29, 0.717) is 0 Å². The van der Waals surface area contributed by atoms with Crippen LogP contribution < -0.4 is 10.5 Å². The molecule has 0 aliphatic heterocycles. The van der Waals surface area contributed by atoms with E-state index < -0.39 is 0 Å². The van der Waals surface area contributed by atoms with E-state index in [9.17, 15) is 0 Å². The zero-order chi connectivity index (χ0) is 15.1. The molecular formula is C19H25NO. The molecule has 0 aliphatic carbocycles. The molecule has 2 nitrogen and oxygen atoms in total. The zero-order valence-corrected chi connectivity index (χ0v) is 13.0. The molecular weight excluding hydrogens is 258 g/mol. The lowest BCUT2D eigenvalue weighted by Crippen LogP contribution is -2.23. The molecule has 0 atom stereocenters. The van der Waals surface area contributed by atoms with E-state index in [1.165, 1.54) is 11.1 Å². The van der Waals surface area contributed by atoms with Crippen LogP contribution in [0.15, 0.2) is 54.6 Å². The molecule has 2 N–H and O–H groups in total. The number of rotatable bonds is 7. The first-order chi connectivity index (χ1) is 10.1. The van der Waals surface area contributed by atoms with Gasteiger partial charge in [0.05, 0.1) is 6.61 Å². The Bertz CT molecular complexity index is 531. The van der Waals surface area contributed by atoms with Crippen molar-refractivity contribution in [3.8, 4) is 16.9 Å². The Morgan fingerprint density at radius 3 is 2.14 bits per heavy atom. The first-order valence-corrected chi connectivity index (χ1v) is 7.59. The third kappa shape index (κ3) is 4.91. The molecule has 0 saturated heterocycles. The smallest absolute Gasteiger partial charge is 0.119 e. The Morgan fingerprint density at radius 1 is 0.905 bits per heavy atom. The fourth-order valence-corrected chi connectivity index (χ4v) is 2.22. The average Bonchev–Trinajstić information content (AvgIpc) is 2.53. The lowest BCUT2D eigenvalue weighted by molar-refractivity contribution is 0.261. The molecule has 0 spiro atoms. The molecule has 0 radical (unpaired) electrons. The van der Waals surface area contributed by atoms with Gasteiger partial charge in [-0.15, -0.1) is 0 Å². The quantitative estimate of drug-likeness (QED) is 0.759. The Kier molecular flexibility index (Phi) is 5.40. The van der Waals surface area contributed by atoms with E-state index in [1.54, 1.807) is 0 Å². The summed E-state index contributed by atoms with van der Waals surface area (Å²) >= 11 is 0. The van der Waals surface area contributed by atoms with Gasteiger partial charge in [0.2, 0.25) is 0 Å². The lowest BCUT2D eigenvalue weighted by Gasteiger charge is -2.21. The topological polar surface area (TPSA) is 35.2 Å². The predicted octanol–water partition coefficient (Wildman–Crippen LogP) is 4.50. The molecule has 2 aromatic rings. The SMILES string of the molecule is CC(C)(CN)CCCOc1ccc(-c2ccccc2)cc1. The maximum Gasteiger partial charge on any atom is 0.119 e. The third-order valence-corrected chi connectivity index (χ3v) is 3.78. The maximum absolute atomic E-state index is 5.80. The highest BCUT2D eigenvalue weighted by atomic mass is 16.5. The van der Waals surface area contributed by atoms with Gasteiger partial charge in [0, 0.05) is 0 Å². The van der Waals surface area contributed by atoms with Gasteiger partial charge in [0.25, 0.3) is 0 Å². The monoisotopic (exact) mass is 283 g/mol. The minimum atomic E-state index is 0.209. The molecule has 2 heteroatoms. The van der Waals surface area contributed by atoms with Crippen LogP contribution in [0.25, 0.3) is 11.1 Å². The lowest BCUT2D eigenvalue weighted by atomic mass is 9.88. The molecule has 0 aromatic heterocycles. The first kappa shape index (κ1) is 15.6. The molecule has 0 fully saturated rings. The van der Waals surface area contributed by atoms with Crippen molar-refractivity contribution in [3.05, 3.63) is 54.6 Å². The third-order valence-electron chi connectivity index (χ3n) is 3.78. The van der Waals surface area contributed by atoms with Crippen molar-refractivity contribution in [3.63, 3.8) is 0 Å². The predicted molar refractivity (Wildman–Crippen MR) is 89.4 cm³/mol. The van der Waals surface area contributed by atoms with Gasteiger partial charge in [-0.25, -0.2) is 0 Å². The molecule has 0 heterocycles. The zero-order valence-electron chi connectivity index (χ0n) is 13.0. The molecule has 112 valence electrons. The fraction of sp³-hybridized carbons (Fsp3) is 0.368. The highest BCUT2D eigenvalue weighted by Gasteiger charge is 2.14. The minimum Gasteiger partial charge on any atom is -0.494 e. The largest absolute Gasteiger partial charge is 0.494 e. The number of nitrogens with two attached hydrogens (primary N) is 1. The number of hydrogen-bond acceptors (Lipinski definition) is 2. The maximum atomic E-state index is 5.80. The molecule has 0 unspecified atom stereocenters. The molecule has 0 aliphatic rings. The van der Waals surface area contributed by atoms with Crippen molar-refractivity contribution in [1.82, 2.24) is 0 Å². The van der Waals surface area contributed by atoms with E-state index >= 15 is 0 Å². The molecule has 0 bridgehead atoms. The molecule has 0 amide bonds. The van der Waals surface area contributed by atoms with Crippen LogP contribution in [-0.4, -0.2) is 13.2 Å².